The number of imidazole rings is 1. The number of hydrogen-bond acceptors (Lipinski definition) is 4. The fourth-order valence-corrected chi connectivity index (χ4v) is 1.60. The molecule has 0 atom stereocenters. The van der Waals surface area contributed by atoms with Crippen molar-refractivity contribution in [2.45, 2.75) is 0 Å². The first-order chi connectivity index (χ1) is 8.54. The Balaban J connectivity index is 2.75. The number of aromatic nitrogens is 2. The molecule has 0 saturated heterocycles. The standard InChI is InChI=1S/C10H4ClFN4O2/c11-6-3-9(16(17)18)8(4-7(6)12)15-2-1-14-10(15)5-13/h1-4H. The van der Waals surface area contributed by atoms with Crippen molar-refractivity contribution in [3.05, 3.63) is 51.3 Å². The lowest BCUT2D eigenvalue weighted by molar-refractivity contribution is -0.384. The number of benzene rings is 1. The van der Waals surface area contributed by atoms with Crippen LogP contribution in [0.5, 0.6) is 0 Å². The molecule has 0 fully saturated rings. The molecule has 0 amide bonds. The largest absolute Gasteiger partial charge is 0.294 e. The van der Waals surface area contributed by atoms with Gasteiger partial charge in [0.05, 0.1) is 9.95 Å². The van der Waals surface area contributed by atoms with Crippen LogP contribution in [-0.4, -0.2) is 14.5 Å². The van der Waals surface area contributed by atoms with Crippen LogP contribution in [0, 0.1) is 27.3 Å². The molecule has 0 spiro atoms. The topological polar surface area (TPSA) is 84.8 Å². The van der Waals surface area contributed by atoms with E-state index in [1.807, 2.05) is 0 Å². The van der Waals surface area contributed by atoms with Crippen molar-refractivity contribution >= 4 is 17.3 Å². The number of hydrogen-bond donors (Lipinski definition) is 0. The SMILES string of the molecule is N#Cc1nccn1-c1cc(F)c(Cl)cc1[N+](=O)[O-]. The van der Waals surface area contributed by atoms with Crippen LogP contribution in [-0.2, 0) is 0 Å². The third-order valence-electron chi connectivity index (χ3n) is 2.21. The van der Waals surface area contributed by atoms with Gasteiger partial charge in [-0.05, 0) is 0 Å². The summed E-state index contributed by atoms with van der Waals surface area (Å²) < 4.78 is 14.5. The molecule has 90 valence electrons. The summed E-state index contributed by atoms with van der Waals surface area (Å²) in [5, 5.41) is 19.3. The molecule has 0 radical (unpaired) electrons. The Morgan fingerprint density at radius 1 is 1.56 bits per heavy atom. The van der Waals surface area contributed by atoms with E-state index >= 15 is 0 Å². The molecule has 2 aromatic rings. The van der Waals surface area contributed by atoms with E-state index in [0.29, 0.717) is 0 Å². The molecule has 2 rings (SSSR count). The van der Waals surface area contributed by atoms with Crippen LogP contribution in [0.4, 0.5) is 10.1 Å². The Hall–Kier alpha value is -2.46. The van der Waals surface area contributed by atoms with Gasteiger partial charge in [-0.25, -0.2) is 9.37 Å². The van der Waals surface area contributed by atoms with Crippen LogP contribution in [0.15, 0.2) is 24.5 Å². The highest BCUT2D eigenvalue weighted by Crippen LogP contribution is 2.29. The van der Waals surface area contributed by atoms with E-state index in [1.165, 1.54) is 12.4 Å². The van der Waals surface area contributed by atoms with E-state index in [-0.39, 0.29) is 16.5 Å². The third kappa shape index (κ3) is 1.89. The Morgan fingerprint density at radius 3 is 2.89 bits per heavy atom. The zero-order chi connectivity index (χ0) is 13.3. The molecule has 0 bridgehead atoms. The minimum Gasteiger partial charge on any atom is -0.285 e. The van der Waals surface area contributed by atoms with Gasteiger partial charge in [0.15, 0.2) is 0 Å². The van der Waals surface area contributed by atoms with Crippen LogP contribution in [0.1, 0.15) is 5.82 Å². The van der Waals surface area contributed by atoms with Gasteiger partial charge in [-0.3, -0.25) is 14.7 Å². The first kappa shape index (κ1) is 12.0. The molecule has 0 aliphatic heterocycles. The summed E-state index contributed by atoms with van der Waals surface area (Å²) in [7, 11) is 0. The van der Waals surface area contributed by atoms with Crippen LogP contribution in [0.25, 0.3) is 5.69 Å². The van der Waals surface area contributed by atoms with Gasteiger partial charge in [-0.15, -0.1) is 0 Å². The third-order valence-corrected chi connectivity index (χ3v) is 2.50. The van der Waals surface area contributed by atoms with E-state index in [0.717, 1.165) is 16.7 Å². The predicted molar refractivity (Wildman–Crippen MR) is 59.9 cm³/mol. The molecule has 8 heteroatoms. The van der Waals surface area contributed by atoms with Gasteiger partial charge >= 0.3 is 0 Å². The number of nitro benzene ring substituents is 1. The van der Waals surface area contributed by atoms with Crippen LogP contribution in [0.2, 0.25) is 5.02 Å². The van der Waals surface area contributed by atoms with Gasteiger partial charge in [0.25, 0.3) is 5.69 Å². The van der Waals surface area contributed by atoms with E-state index in [4.69, 9.17) is 16.9 Å². The predicted octanol–water partition coefficient (Wildman–Crippen LogP) is 2.44. The summed E-state index contributed by atoms with van der Waals surface area (Å²) in [5.74, 6) is -0.894. The lowest BCUT2D eigenvalue weighted by Gasteiger charge is -2.05. The Labute approximate surface area is 105 Å². The average molecular weight is 267 g/mol. The molecular formula is C10H4ClFN4O2. The lowest BCUT2D eigenvalue weighted by Crippen LogP contribution is -2.02. The summed E-state index contributed by atoms with van der Waals surface area (Å²) in [6.07, 6.45) is 2.61. The monoisotopic (exact) mass is 266 g/mol. The maximum Gasteiger partial charge on any atom is 0.294 e. The number of nitrogens with zero attached hydrogens (tertiary/aromatic N) is 4. The smallest absolute Gasteiger partial charge is 0.285 e. The van der Waals surface area contributed by atoms with Gasteiger partial charge in [0, 0.05) is 24.5 Å². The van der Waals surface area contributed by atoms with Crippen molar-refractivity contribution < 1.29 is 9.31 Å². The summed E-state index contributed by atoms with van der Waals surface area (Å²) >= 11 is 5.50. The highest BCUT2D eigenvalue weighted by atomic mass is 35.5. The molecule has 0 aliphatic carbocycles. The summed E-state index contributed by atoms with van der Waals surface area (Å²) in [5.41, 5.74) is -0.508. The van der Waals surface area contributed by atoms with Gasteiger partial charge < -0.3 is 0 Å². The molecular weight excluding hydrogens is 263 g/mol. The van der Waals surface area contributed by atoms with Gasteiger partial charge in [0.2, 0.25) is 5.82 Å². The van der Waals surface area contributed by atoms with E-state index in [1.54, 1.807) is 6.07 Å². The second-order valence-corrected chi connectivity index (χ2v) is 3.65. The lowest BCUT2D eigenvalue weighted by atomic mass is 10.2. The summed E-state index contributed by atoms with van der Waals surface area (Å²) in [4.78, 5) is 13.9. The minimum absolute atomic E-state index is 0.0835. The second kappa shape index (κ2) is 4.43. The molecule has 0 saturated carbocycles. The van der Waals surface area contributed by atoms with Gasteiger partial charge in [-0.2, -0.15) is 5.26 Å². The fraction of sp³-hybridized carbons (Fsp3) is 0. The summed E-state index contributed by atoms with van der Waals surface area (Å²) in [6.45, 7) is 0. The van der Waals surface area contributed by atoms with Crippen molar-refractivity contribution in [1.82, 2.24) is 9.55 Å². The highest BCUT2D eigenvalue weighted by Gasteiger charge is 2.20. The first-order valence-electron chi connectivity index (χ1n) is 4.62. The molecule has 1 heterocycles. The zero-order valence-corrected chi connectivity index (χ0v) is 9.43. The Morgan fingerprint density at radius 2 is 2.28 bits per heavy atom. The Kier molecular flexibility index (Phi) is 2.95. The maximum absolute atomic E-state index is 13.4. The minimum atomic E-state index is -0.810. The zero-order valence-electron chi connectivity index (χ0n) is 8.67. The average Bonchev–Trinajstić information content (AvgIpc) is 2.79. The van der Waals surface area contributed by atoms with Gasteiger partial charge in [0.1, 0.15) is 17.6 Å². The molecule has 1 aromatic carbocycles. The number of halogens is 2. The molecule has 1 aromatic heterocycles. The molecule has 0 aliphatic rings. The quantitative estimate of drug-likeness (QED) is 0.617. The molecule has 0 unspecified atom stereocenters. The second-order valence-electron chi connectivity index (χ2n) is 3.24. The normalized spacial score (nSPS) is 10.1. The van der Waals surface area contributed by atoms with Crippen molar-refractivity contribution in [2.24, 2.45) is 0 Å². The van der Waals surface area contributed by atoms with E-state index in [9.17, 15) is 14.5 Å². The highest BCUT2D eigenvalue weighted by molar-refractivity contribution is 6.31. The van der Waals surface area contributed by atoms with Crippen LogP contribution in [0.3, 0.4) is 0 Å². The number of rotatable bonds is 2. The Bertz CT molecular complexity index is 677. The van der Waals surface area contributed by atoms with E-state index in [2.05, 4.69) is 4.98 Å². The van der Waals surface area contributed by atoms with Crippen LogP contribution >= 0.6 is 11.6 Å². The molecule has 6 nitrogen and oxygen atoms in total. The van der Waals surface area contributed by atoms with E-state index < -0.39 is 16.4 Å². The molecule has 18 heavy (non-hydrogen) atoms. The number of nitro groups is 1. The number of nitriles is 1. The first-order valence-corrected chi connectivity index (χ1v) is 4.99. The van der Waals surface area contributed by atoms with Gasteiger partial charge in [-0.1, -0.05) is 11.6 Å². The maximum atomic E-state index is 13.4. The van der Waals surface area contributed by atoms with Crippen molar-refractivity contribution in [3.63, 3.8) is 0 Å². The summed E-state index contributed by atoms with van der Waals surface area (Å²) in [6, 6.07) is 3.54. The fourth-order valence-electron chi connectivity index (χ4n) is 1.45. The molecule has 0 N–H and O–H groups in total. The van der Waals surface area contributed by atoms with Crippen molar-refractivity contribution in [1.29, 1.82) is 5.26 Å². The van der Waals surface area contributed by atoms with Crippen LogP contribution < -0.4 is 0 Å². The van der Waals surface area contributed by atoms with Crippen molar-refractivity contribution in [3.8, 4) is 11.8 Å². The van der Waals surface area contributed by atoms with Crippen molar-refractivity contribution in [2.75, 3.05) is 0 Å².